The van der Waals surface area contributed by atoms with Gasteiger partial charge in [-0.3, -0.25) is 0 Å². The van der Waals surface area contributed by atoms with E-state index in [1.807, 2.05) is 24.3 Å². The zero-order valence-corrected chi connectivity index (χ0v) is 8.79. The van der Waals surface area contributed by atoms with Gasteiger partial charge in [0.25, 0.3) is 0 Å². The molecule has 0 radical (unpaired) electrons. The highest BCUT2D eigenvalue weighted by Gasteiger charge is 2.08. The van der Waals surface area contributed by atoms with Crippen LogP contribution in [0.3, 0.4) is 0 Å². The summed E-state index contributed by atoms with van der Waals surface area (Å²) in [4.78, 5) is 3.79. The summed E-state index contributed by atoms with van der Waals surface area (Å²) in [6, 6.07) is 7.57. The van der Waals surface area contributed by atoms with Gasteiger partial charge in [0.05, 0.1) is 6.20 Å². The molecule has 0 fully saturated rings. The first-order valence-electron chi connectivity index (χ1n) is 4.07. The van der Waals surface area contributed by atoms with Gasteiger partial charge in [-0.15, -0.1) is 0 Å². The summed E-state index contributed by atoms with van der Waals surface area (Å²) >= 11 is 3.38. The molecule has 1 heterocycles. The number of benzene rings is 1. The second kappa shape index (κ2) is 3.92. The van der Waals surface area contributed by atoms with E-state index in [1.165, 1.54) is 6.20 Å². The number of alkyl halides is 1. The van der Waals surface area contributed by atoms with E-state index in [-0.39, 0.29) is 5.89 Å². The normalized spacial score (nSPS) is 10.4. The maximum Gasteiger partial charge on any atom is 0.226 e. The first kappa shape index (κ1) is 9.40. The molecule has 0 unspecified atom stereocenters. The Morgan fingerprint density at radius 2 is 2.14 bits per heavy atom. The van der Waals surface area contributed by atoms with E-state index in [2.05, 4.69) is 20.9 Å². The van der Waals surface area contributed by atoms with Crippen LogP contribution < -0.4 is 0 Å². The monoisotopic (exact) mass is 255 g/mol. The smallest absolute Gasteiger partial charge is 0.226 e. The number of oxazole rings is 1. The average molecular weight is 256 g/mol. The minimum absolute atomic E-state index is 0.107. The third-order valence-corrected chi connectivity index (χ3v) is 2.50. The van der Waals surface area contributed by atoms with Gasteiger partial charge < -0.3 is 4.42 Å². The number of halogens is 2. The minimum Gasteiger partial charge on any atom is -0.438 e. The fraction of sp³-hybridized carbons (Fsp3) is 0.100. The van der Waals surface area contributed by atoms with Gasteiger partial charge in [-0.2, -0.15) is 0 Å². The van der Waals surface area contributed by atoms with Crippen molar-refractivity contribution >= 4 is 15.9 Å². The lowest BCUT2D eigenvalue weighted by Gasteiger charge is -1.98. The number of hydrogen-bond donors (Lipinski definition) is 0. The average Bonchev–Trinajstić information content (AvgIpc) is 2.67. The van der Waals surface area contributed by atoms with E-state index >= 15 is 0 Å². The number of rotatable bonds is 2. The first-order valence-corrected chi connectivity index (χ1v) is 4.86. The summed E-state index contributed by atoms with van der Waals surface area (Å²) in [6.07, 6.45) is 1.52. The second-order valence-electron chi connectivity index (χ2n) is 2.73. The molecular formula is C10H7BrFNO. The maximum absolute atomic E-state index is 12.2. The van der Waals surface area contributed by atoms with Crippen LogP contribution in [0.25, 0.3) is 11.3 Å². The molecule has 2 nitrogen and oxygen atoms in total. The number of hydrogen-bond acceptors (Lipinski definition) is 2. The summed E-state index contributed by atoms with van der Waals surface area (Å²) in [6.45, 7) is -0.676. The van der Waals surface area contributed by atoms with Gasteiger partial charge in [0.15, 0.2) is 12.4 Å². The number of aromatic nitrogens is 1. The summed E-state index contributed by atoms with van der Waals surface area (Å²) in [5.41, 5.74) is 0.875. The SMILES string of the molecule is FCc1ncc(-c2ccccc2Br)o1. The van der Waals surface area contributed by atoms with E-state index in [1.54, 1.807) is 0 Å². The molecule has 14 heavy (non-hydrogen) atoms. The number of nitrogens with zero attached hydrogens (tertiary/aromatic N) is 1. The highest BCUT2D eigenvalue weighted by Crippen LogP contribution is 2.28. The van der Waals surface area contributed by atoms with E-state index < -0.39 is 6.67 Å². The van der Waals surface area contributed by atoms with Crippen molar-refractivity contribution in [1.82, 2.24) is 4.98 Å². The Kier molecular flexibility index (Phi) is 2.63. The zero-order chi connectivity index (χ0) is 9.97. The lowest BCUT2D eigenvalue weighted by atomic mass is 10.2. The topological polar surface area (TPSA) is 26.0 Å². The molecule has 1 aromatic heterocycles. The maximum atomic E-state index is 12.2. The molecular weight excluding hydrogens is 249 g/mol. The zero-order valence-electron chi connectivity index (χ0n) is 7.21. The molecule has 0 amide bonds. The molecule has 0 saturated carbocycles. The lowest BCUT2D eigenvalue weighted by Crippen LogP contribution is -1.75. The molecule has 2 aromatic rings. The molecule has 2 rings (SSSR count). The Morgan fingerprint density at radius 3 is 2.79 bits per heavy atom. The van der Waals surface area contributed by atoms with Gasteiger partial charge in [-0.25, -0.2) is 9.37 Å². The van der Waals surface area contributed by atoms with Crippen LogP contribution in [-0.2, 0) is 6.67 Å². The summed E-state index contributed by atoms with van der Waals surface area (Å²) < 4.78 is 18.3. The molecule has 0 aliphatic rings. The lowest BCUT2D eigenvalue weighted by molar-refractivity contribution is 0.385. The highest BCUT2D eigenvalue weighted by molar-refractivity contribution is 9.10. The Bertz CT molecular complexity index is 441. The third kappa shape index (κ3) is 1.70. The fourth-order valence-electron chi connectivity index (χ4n) is 1.16. The molecule has 0 N–H and O–H groups in total. The van der Waals surface area contributed by atoms with Crippen LogP contribution in [0.1, 0.15) is 5.89 Å². The van der Waals surface area contributed by atoms with Crippen LogP contribution in [0, 0.1) is 0 Å². The van der Waals surface area contributed by atoms with Crippen molar-refractivity contribution in [1.29, 1.82) is 0 Å². The van der Waals surface area contributed by atoms with Crippen molar-refractivity contribution in [3.63, 3.8) is 0 Å². The van der Waals surface area contributed by atoms with Gasteiger partial charge >= 0.3 is 0 Å². The van der Waals surface area contributed by atoms with Gasteiger partial charge in [-0.05, 0) is 6.07 Å². The predicted octanol–water partition coefficient (Wildman–Crippen LogP) is 3.57. The van der Waals surface area contributed by atoms with E-state index in [9.17, 15) is 4.39 Å². The summed E-state index contributed by atoms with van der Waals surface area (Å²) in [5.74, 6) is 0.681. The fourth-order valence-corrected chi connectivity index (χ4v) is 1.64. The molecule has 0 bridgehead atoms. The Morgan fingerprint density at radius 1 is 1.36 bits per heavy atom. The quantitative estimate of drug-likeness (QED) is 0.820. The Hall–Kier alpha value is -1.16. The van der Waals surface area contributed by atoms with Gasteiger partial charge in [0, 0.05) is 10.0 Å². The third-order valence-electron chi connectivity index (χ3n) is 1.81. The van der Waals surface area contributed by atoms with E-state index in [4.69, 9.17) is 4.42 Å². The van der Waals surface area contributed by atoms with Gasteiger partial charge in [-0.1, -0.05) is 34.1 Å². The molecule has 0 atom stereocenters. The van der Waals surface area contributed by atoms with Crippen molar-refractivity contribution < 1.29 is 8.81 Å². The molecule has 4 heteroatoms. The molecule has 72 valence electrons. The van der Waals surface area contributed by atoms with Crippen LogP contribution in [0.2, 0.25) is 0 Å². The second-order valence-corrected chi connectivity index (χ2v) is 3.59. The molecule has 0 saturated heterocycles. The Labute approximate surface area is 88.9 Å². The van der Waals surface area contributed by atoms with Crippen LogP contribution in [0.15, 0.2) is 39.4 Å². The minimum atomic E-state index is -0.676. The molecule has 0 aliphatic heterocycles. The highest BCUT2D eigenvalue weighted by atomic mass is 79.9. The summed E-state index contributed by atoms with van der Waals surface area (Å²) in [7, 11) is 0. The van der Waals surface area contributed by atoms with Crippen molar-refractivity contribution in [3.8, 4) is 11.3 Å². The summed E-state index contributed by atoms with van der Waals surface area (Å²) in [5, 5.41) is 0. The first-order chi connectivity index (χ1) is 6.81. The Balaban J connectivity index is 2.44. The van der Waals surface area contributed by atoms with Crippen LogP contribution in [0.4, 0.5) is 4.39 Å². The van der Waals surface area contributed by atoms with Crippen LogP contribution in [-0.4, -0.2) is 4.98 Å². The van der Waals surface area contributed by atoms with Crippen LogP contribution >= 0.6 is 15.9 Å². The van der Waals surface area contributed by atoms with Crippen molar-refractivity contribution in [3.05, 3.63) is 40.8 Å². The molecule has 0 aliphatic carbocycles. The van der Waals surface area contributed by atoms with Crippen molar-refractivity contribution in [2.75, 3.05) is 0 Å². The molecule has 1 aromatic carbocycles. The van der Waals surface area contributed by atoms with Gasteiger partial charge in [0.1, 0.15) is 0 Å². The van der Waals surface area contributed by atoms with E-state index in [0.717, 1.165) is 10.0 Å². The predicted molar refractivity (Wildman–Crippen MR) is 54.5 cm³/mol. The largest absolute Gasteiger partial charge is 0.438 e. The van der Waals surface area contributed by atoms with Crippen molar-refractivity contribution in [2.24, 2.45) is 0 Å². The van der Waals surface area contributed by atoms with E-state index in [0.29, 0.717) is 5.76 Å². The van der Waals surface area contributed by atoms with Crippen molar-refractivity contribution in [2.45, 2.75) is 6.67 Å². The van der Waals surface area contributed by atoms with Crippen LogP contribution in [0.5, 0.6) is 0 Å². The standard InChI is InChI=1S/C10H7BrFNO/c11-8-4-2-1-3-7(8)9-6-13-10(5-12)14-9/h1-4,6H,5H2. The van der Waals surface area contributed by atoms with Gasteiger partial charge in [0.2, 0.25) is 5.89 Å². The molecule has 0 spiro atoms.